The van der Waals surface area contributed by atoms with Crippen molar-refractivity contribution in [2.24, 2.45) is 0 Å². The molecular weight excluding hydrogens is 548 g/mol. The molecule has 0 aliphatic carbocycles. The molecule has 8 nitrogen and oxygen atoms in total. The first-order valence-electron chi connectivity index (χ1n) is 13.6. The summed E-state index contributed by atoms with van der Waals surface area (Å²) in [5, 5.41) is 0.577. The summed E-state index contributed by atoms with van der Waals surface area (Å²) in [6.07, 6.45) is 2.13. The summed E-state index contributed by atoms with van der Waals surface area (Å²) in [4.78, 5) is 23.5. The molecule has 0 saturated carbocycles. The van der Waals surface area contributed by atoms with Crippen molar-refractivity contribution in [1.82, 2.24) is 14.9 Å². The Bertz CT molecular complexity index is 1610. The number of hydrogen-bond acceptors (Lipinski definition) is 5. The molecule has 1 aromatic heterocycles. The monoisotopic (exact) mass is 578 g/mol. The number of aromatic nitrogens is 2. The Balaban J connectivity index is 1.21. The van der Waals surface area contributed by atoms with E-state index >= 15 is 0 Å². The zero-order valence-corrected chi connectivity index (χ0v) is 23.8. The third-order valence-electron chi connectivity index (χ3n) is 7.72. The highest BCUT2D eigenvalue weighted by atomic mass is 35.5. The van der Waals surface area contributed by atoms with Crippen LogP contribution in [0.3, 0.4) is 0 Å². The minimum Gasteiger partial charge on any atom is -0.489 e. The van der Waals surface area contributed by atoms with E-state index < -0.39 is 16.1 Å². The fourth-order valence-corrected chi connectivity index (χ4v) is 7.53. The fourth-order valence-electron chi connectivity index (χ4n) is 5.67. The lowest BCUT2D eigenvalue weighted by Crippen LogP contribution is -2.42. The van der Waals surface area contributed by atoms with E-state index in [2.05, 4.69) is 4.98 Å². The smallest absolute Gasteiger partial charge is 0.253 e. The second kappa shape index (κ2) is 10.8. The Hall–Kier alpha value is -3.56. The molecule has 208 valence electrons. The van der Waals surface area contributed by atoms with E-state index in [4.69, 9.17) is 21.3 Å². The summed E-state index contributed by atoms with van der Waals surface area (Å²) in [6.45, 7) is 3.22. The molecule has 0 radical (unpaired) electrons. The van der Waals surface area contributed by atoms with Crippen LogP contribution >= 0.6 is 11.6 Å². The molecule has 1 unspecified atom stereocenters. The number of piperidine rings is 1. The molecule has 6 rings (SSSR count). The standard InChI is InChI=1S/C30H31ClN4O4S/c1-2-17-40(37,38)35-26-12-9-22(18-28(26)39-19-27(35)20-7-10-23(31)11-8-20)30(36)34-15-13-21(14-16-34)29-32-24-5-3-4-6-25(24)33-29/h3-12,18,21,27H,2,13-17,19H2,1H3,(H,32,33). The van der Waals surface area contributed by atoms with Gasteiger partial charge in [0.05, 0.1) is 22.5 Å². The van der Waals surface area contributed by atoms with Crippen molar-refractivity contribution in [2.45, 2.75) is 38.1 Å². The Morgan fingerprint density at radius 3 is 2.55 bits per heavy atom. The lowest BCUT2D eigenvalue weighted by molar-refractivity contribution is 0.0710. The summed E-state index contributed by atoms with van der Waals surface area (Å²) in [5.41, 5.74) is 3.71. The lowest BCUT2D eigenvalue weighted by atomic mass is 9.95. The normalized spacial score (nSPS) is 18.0. The largest absolute Gasteiger partial charge is 0.489 e. The number of carbonyl (C=O) groups is 1. The number of hydrogen-bond donors (Lipinski definition) is 1. The van der Waals surface area contributed by atoms with Crippen LogP contribution in [0.1, 0.15) is 59.9 Å². The van der Waals surface area contributed by atoms with Crippen LogP contribution in [-0.4, -0.2) is 54.6 Å². The van der Waals surface area contributed by atoms with Crippen LogP contribution in [0.5, 0.6) is 5.75 Å². The van der Waals surface area contributed by atoms with Crippen molar-refractivity contribution >= 4 is 44.3 Å². The molecule has 1 fully saturated rings. The molecule has 40 heavy (non-hydrogen) atoms. The van der Waals surface area contributed by atoms with Crippen molar-refractivity contribution in [3.05, 3.63) is 88.7 Å². The molecule has 3 aromatic carbocycles. The number of nitrogens with one attached hydrogen (secondary N) is 1. The highest BCUT2D eigenvalue weighted by Crippen LogP contribution is 2.42. The van der Waals surface area contributed by atoms with Gasteiger partial charge in [0.25, 0.3) is 5.91 Å². The zero-order valence-electron chi connectivity index (χ0n) is 22.2. The number of likely N-dealkylation sites (tertiary alicyclic amines) is 1. The molecule has 1 atom stereocenters. The van der Waals surface area contributed by atoms with E-state index in [9.17, 15) is 13.2 Å². The first kappa shape index (κ1) is 26.7. The van der Waals surface area contributed by atoms with Crippen LogP contribution in [0.15, 0.2) is 66.7 Å². The topological polar surface area (TPSA) is 95.6 Å². The van der Waals surface area contributed by atoms with Crippen LogP contribution in [0.2, 0.25) is 5.02 Å². The van der Waals surface area contributed by atoms with Crippen LogP contribution in [0, 0.1) is 0 Å². The number of carbonyl (C=O) groups excluding carboxylic acids is 1. The number of anilines is 1. The highest BCUT2D eigenvalue weighted by Gasteiger charge is 2.37. The predicted octanol–water partition coefficient (Wildman–Crippen LogP) is 5.92. The zero-order chi connectivity index (χ0) is 27.9. The maximum Gasteiger partial charge on any atom is 0.253 e. The van der Waals surface area contributed by atoms with Gasteiger partial charge in [-0.3, -0.25) is 9.10 Å². The minimum atomic E-state index is -3.63. The van der Waals surface area contributed by atoms with Crippen molar-refractivity contribution in [3.8, 4) is 5.75 Å². The van der Waals surface area contributed by atoms with Gasteiger partial charge in [0, 0.05) is 29.6 Å². The summed E-state index contributed by atoms with van der Waals surface area (Å²) < 4.78 is 34.4. The SMILES string of the molecule is CCCS(=O)(=O)N1c2ccc(C(=O)N3CCC(c4nc5ccccc5[nH]4)CC3)cc2OCC1c1ccc(Cl)cc1. The summed E-state index contributed by atoms with van der Waals surface area (Å²) in [7, 11) is -3.63. The van der Waals surface area contributed by atoms with Gasteiger partial charge in [-0.05, 0) is 67.3 Å². The molecule has 1 saturated heterocycles. The van der Waals surface area contributed by atoms with Gasteiger partial charge in [0.1, 0.15) is 24.2 Å². The minimum absolute atomic E-state index is 0.0113. The highest BCUT2D eigenvalue weighted by molar-refractivity contribution is 7.92. The fraction of sp³-hybridized carbons (Fsp3) is 0.333. The van der Waals surface area contributed by atoms with E-state index in [1.807, 2.05) is 48.2 Å². The molecule has 3 heterocycles. The van der Waals surface area contributed by atoms with Crippen molar-refractivity contribution in [3.63, 3.8) is 0 Å². The summed E-state index contributed by atoms with van der Waals surface area (Å²) >= 11 is 6.07. The molecule has 1 amide bonds. The quantitative estimate of drug-likeness (QED) is 0.306. The second-order valence-corrected chi connectivity index (χ2v) is 12.8. The average Bonchev–Trinajstić information content (AvgIpc) is 3.41. The Labute approximate surface area is 239 Å². The maximum atomic E-state index is 13.5. The van der Waals surface area contributed by atoms with Gasteiger partial charge in [0.2, 0.25) is 10.0 Å². The van der Waals surface area contributed by atoms with E-state index in [1.165, 1.54) is 4.31 Å². The van der Waals surface area contributed by atoms with Gasteiger partial charge in [0.15, 0.2) is 0 Å². The average molecular weight is 579 g/mol. The number of H-pyrrole nitrogens is 1. The summed E-state index contributed by atoms with van der Waals surface area (Å²) in [5.74, 6) is 1.56. The number of para-hydroxylation sites is 2. The Kier molecular flexibility index (Phi) is 7.18. The van der Waals surface area contributed by atoms with Crippen molar-refractivity contribution in [2.75, 3.05) is 29.8 Å². The van der Waals surface area contributed by atoms with Gasteiger partial charge in [-0.2, -0.15) is 0 Å². The molecule has 2 aliphatic rings. The van der Waals surface area contributed by atoms with E-state index in [0.29, 0.717) is 41.5 Å². The number of nitrogens with zero attached hydrogens (tertiary/aromatic N) is 3. The van der Waals surface area contributed by atoms with E-state index in [1.54, 1.807) is 30.3 Å². The first-order chi connectivity index (χ1) is 19.3. The van der Waals surface area contributed by atoms with E-state index in [0.717, 1.165) is 35.3 Å². The molecule has 0 bridgehead atoms. The molecule has 10 heteroatoms. The molecule has 2 aliphatic heterocycles. The van der Waals surface area contributed by atoms with E-state index in [-0.39, 0.29) is 24.2 Å². The summed E-state index contributed by atoms with van der Waals surface area (Å²) in [6, 6.07) is 19.7. The number of halogens is 1. The number of benzene rings is 3. The van der Waals surface area contributed by atoms with Gasteiger partial charge in [-0.1, -0.05) is 42.8 Å². The number of sulfonamides is 1. The third-order valence-corrected chi connectivity index (χ3v) is 9.94. The maximum absolute atomic E-state index is 13.5. The van der Waals surface area contributed by atoms with Crippen LogP contribution < -0.4 is 9.04 Å². The van der Waals surface area contributed by atoms with Gasteiger partial charge >= 0.3 is 0 Å². The van der Waals surface area contributed by atoms with Crippen LogP contribution in [0.4, 0.5) is 5.69 Å². The Morgan fingerprint density at radius 1 is 1.07 bits per heavy atom. The molecule has 1 N–H and O–H groups in total. The third kappa shape index (κ3) is 5.04. The second-order valence-electron chi connectivity index (χ2n) is 10.4. The molecule has 0 spiro atoms. The predicted molar refractivity (Wildman–Crippen MR) is 157 cm³/mol. The molecular formula is C30H31ClN4O4S. The first-order valence-corrected chi connectivity index (χ1v) is 15.6. The number of imidazole rings is 1. The number of amides is 1. The van der Waals surface area contributed by atoms with Crippen molar-refractivity contribution < 1.29 is 17.9 Å². The van der Waals surface area contributed by atoms with Crippen LogP contribution in [-0.2, 0) is 10.0 Å². The van der Waals surface area contributed by atoms with Crippen molar-refractivity contribution in [1.29, 1.82) is 0 Å². The van der Waals surface area contributed by atoms with Gasteiger partial charge in [-0.25, -0.2) is 13.4 Å². The van der Waals surface area contributed by atoms with Gasteiger partial charge < -0.3 is 14.6 Å². The lowest BCUT2D eigenvalue weighted by Gasteiger charge is -2.38. The Morgan fingerprint density at radius 2 is 1.82 bits per heavy atom. The number of rotatable bonds is 6. The number of fused-ring (bicyclic) bond motifs is 2. The molecule has 4 aromatic rings. The number of aromatic amines is 1. The van der Waals surface area contributed by atoms with Gasteiger partial charge in [-0.15, -0.1) is 0 Å². The number of ether oxygens (including phenoxy) is 1. The van der Waals surface area contributed by atoms with Crippen LogP contribution in [0.25, 0.3) is 11.0 Å².